The van der Waals surface area contributed by atoms with Gasteiger partial charge in [-0.05, 0) is 68.1 Å². The second-order valence-corrected chi connectivity index (χ2v) is 7.33. The van der Waals surface area contributed by atoms with E-state index in [-0.39, 0.29) is 0 Å². The van der Waals surface area contributed by atoms with Crippen LogP contribution in [-0.4, -0.2) is 0 Å². The molecule has 0 heteroatoms. The van der Waals surface area contributed by atoms with Crippen LogP contribution in [0.15, 0.2) is 65.3 Å². The van der Waals surface area contributed by atoms with Gasteiger partial charge >= 0.3 is 0 Å². The predicted molar refractivity (Wildman–Crippen MR) is 101 cm³/mol. The van der Waals surface area contributed by atoms with E-state index in [9.17, 15) is 0 Å². The molecule has 3 unspecified atom stereocenters. The molecule has 0 N–H and O–H groups in total. The molecule has 2 aliphatic carbocycles. The average molecular weight is 304 g/mol. The molecule has 0 aromatic heterocycles. The Morgan fingerprint density at radius 1 is 1.13 bits per heavy atom. The van der Waals surface area contributed by atoms with Crippen molar-refractivity contribution in [3.8, 4) is 0 Å². The topological polar surface area (TPSA) is 0 Å². The highest BCUT2D eigenvalue weighted by atomic mass is 14.4. The van der Waals surface area contributed by atoms with Crippen LogP contribution in [0.1, 0.15) is 57.6 Å². The summed E-state index contributed by atoms with van der Waals surface area (Å²) in [6, 6.07) is 8.98. The van der Waals surface area contributed by atoms with Crippen molar-refractivity contribution in [3.63, 3.8) is 0 Å². The lowest BCUT2D eigenvalue weighted by Crippen LogP contribution is -2.26. The van der Waals surface area contributed by atoms with E-state index in [0.717, 1.165) is 0 Å². The first kappa shape index (κ1) is 16.1. The monoisotopic (exact) mass is 304 g/mol. The van der Waals surface area contributed by atoms with Crippen LogP contribution >= 0.6 is 0 Å². The molecular weight excluding hydrogens is 276 g/mol. The summed E-state index contributed by atoms with van der Waals surface area (Å²) in [5.41, 5.74) is 7.33. The molecule has 1 aromatic rings. The van der Waals surface area contributed by atoms with E-state index in [1.165, 1.54) is 40.7 Å². The van der Waals surface area contributed by atoms with E-state index in [0.29, 0.717) is 17.8 Å². The van der Waals surface area contributed by atoms with Crippen LogP contribution in [-0.2, 0) is 0 Å². The molecule has 0 saturated carbocycles. The Bertz CT molecular complexity index is 693. The molecule has 3 rings (SSSR count). The number of allylic oxidation sites excluding steroid dienone is 7. The number of hydrogen-bond acceptors (Lipinski definition) is 0. The fourth-order valence-electron chi connectivity index (χ4n) is 4.02. The van der Waals surface area contributed by atoms with Crippen molar-refractivity contribution in [2.45, 2.75) is 46.5 Å². The van der Waals surface area contributed by atoms with E-state index < -0.39 is 0 Å². The van der Waals surface area contributed by atoms with Gasteiger partial charge in [0.15, 0.2) is 0 Å². The van der Waals surface area contributed by atoms with Gasteiger partial charge in [-0.1, -0.05) is 72.7 Å². The second-order valence-electron chi connectivity index (χ2n) is 7.33. The summed E-state index contributed by atoms with van der Waals surface area (Å²) in [5, 5.41) is 0. The summed E-state index contributed by atoms with van der Waals surface area (Å²) in [4.78, 5) is 0. The Hall–Kier alpha value is -1.82. The smallest absolute Gasteiger partial charge is 0.00241 e. The van der Waals surface area contributed by atoms with Crippen molar-refractivity contribution in [1.29, 1.82) is 0 Å². The molecule has 0 fully saturated rings. The lowest BCUT2D eigenvalue weighted by molar-refractivity contribution is 0.374. The minimum Gasteiger partial charge on any atom is -0.0842 e. The first-order valence-corrected chi connectivity index (χ1v) is 8.86. The van der Waals surface area contributed by atoms with Crippen LogP contribution in [0.4, 0.5) is 0 Å². The van der Waals surface area contributed by atoms with Gasteiger partial charge in [0.1, 0.15) is 0 Å². The Morgan fingerprint density at radius 3 is 2.70 bits per heavy atom. The fourth-order valence-corrected chi connectivity index (χ4v) is 4.02. The van der Waals surface area contributed by atoms with Gasteiger partial charge in [-0.3, -0.25) is 0 Å². The highest BCUT2D eigenvalue weighted by molar-refractivity contribution is 5.65. The van der Waals surface area contributed by atoms with Crippen LogP contribution < -0.4 is 0 Å². The summed E-state index contributed by atoms with van der Waals surface area (Å²) >= 11 is 0. The van der Waals surface area contributed by atoms with E-state index in [2.05, 4.69) is 82.3 Å². The Balaban J connectivity index is 2.02. The summed E-state index contributed by atoms with van der Waals surface area (Å²) in [5.74, 6) is 1.82. The van der Waals surface area contributed by atoms with Crippen LogP contribution in [0.5, 0.6) is 0 Å². The standard InChI is InChI=1S/C23H28/c1-16(2)13-14-17(3)18(4)23-21-11-7-5-9-19(21)15-20-10-6-8-12-22(20)23/h5-7,9-11,13-15,18,22-23H,8,12H2,1-4H3/b17-14+. The van der Waals surface area contributed by atoms with E-state index in [1.54, 1.807) is 0 Å². The van der Waals surface area contributed by atoms with Crippen molar-refractivity contribution in [1.82, 2.24) is 0 Å². The van der Waals surface area contributed by atoms with E-state index in [1.807, 2.05) is 0 Å². The van der Waals surface area contributed by atoms with Crippen molar-refractivity contribution in [2.24, 2.45) is 11.8 Å². The maximum Gasteiger partial charge on any atom is -0.00241 e. The summed E-state index contributed by atoms with van der Waals surface area (Å²) in [6.07, 6.45) is 14.2. The van der Waals surface area contributed by atoms with Crippen molar-refractivity contribution in [2.75, 3.05) is 0 Å². The average Bonchev–Trinajstić information content (AvgIpc) is 2.56. The van der Waals surface area contributed by atoms with Crippen molar-refractivity contribution >= 4 is 6.08 Å². The number of hydrogen-bond donors (Lipinski definition) is 0. The van der Waals surface area contributed by atoms with Gasteiger partial charge in [0, 0.05) is 0 Å². The van der Waals surface area contributed by atoms with Gasteiger partial charge in [-0.2, -0.15) is 0 Å². The van der Waals surface area contributed by atoms with Gasteiger partial charge in [0.05, 0.1) is 0 Å². The SMILES string of the molecule is CC(C)=C/C=C(\C)C(C)C1c2ccccc2C=C2C=CCCC21. The molecule has 0 heterocycles. The Morgan fingerprint density at radius 2 is 1.91 bits per heavy atom. The fraction of sp³-hybridized carbons (Fsp3) is 0.391. The molecule has 0 amide bonds. The number of rotatable bonds is 3. The molecule has 0 radical (unpaired) electrons. The van der Waals surface area contributed by atoms with Crippen molar-refractivity contribution < 1.29 is 0 Å². The van der Waals surface area contributed by atoms with Gasteiger partial charge < -0.3 is 0 Å². The predicted octanol–water partition coefficient (Wildman–Crippen LogP) is 6.68. The Kier molecular flexibility index (Phi) is 4.71. The second kappa shape index (κ2) is 6.74. The number of fused-ring (bicyclic) bond motifs is 2. The zero-order chi connectivity index (χ0) is 16.4. The molecule has 23 heavy (non-hydrogen) atoms. The molecule has 0 saturated heterocycles. The van der Waals surface area contributed by atoms with Crippen LogP contribution in [0, 0.1) is 11.8 Å². The summed E-state index contributed by atoms with van der Waals surface area (Å²) < 4.78 is 0. The molecule has 3 atom stereocenters. The molecular formula is C23H28. The zero-order valence-electron chi connectivity index (χ0n) is 14.8. The minimum atomic E-state index is 0.562. The zero-order valence-corrected chi connectivity index (χ0v) is 14.8. The molecule has 0 nitrogen and oxygen atoms in total. The van der Waals surface area contributed by atoms with E-state index >= 15 is 0 Å². The third-order valence-corrected chi connectivity index (χ3v) is 5.43. The molecule has 120 valence electrons. The maximum absolute atomic E-state index is 2.41. The maximum atomic E-state index is 2.41. The quantitative estimate of drug-likeness (QED) is 0.546. The number of benzene rings is 1. The van der Waals surface area contributed by atoms with E-state index in [4.69, 9.17) is 0 Å². The lowest BCUT2D eigenvalue weighted by Gasteiger charge is -2.39. The lowest BCUT2D eigenvalue weighted by atomic mass is 9.65. The van der Waals surface area contributed by atoms with Crippen molar-refractivity contribution in [3.05, 3.63) is 76.4 Å². The highest BCUT2D eigenvalue weighted by Crippen LogP contribution is 2.48. The summed E-state index contributed by atoms with van der Waals surface area (Å²) in [6.45, 7) is 9.03. The van der Waals surface area contributed by atoms with Crippen LogP contribution in [0.25, 0.3) is 6.08 Å². The molecule has 2 aliphatic rings. The first-order valence-electron chi connectivity index (χ1n) is 8.86. The normalized spacial score (nSPS) is 24.3. The van der Waals surface area contributed by atoms with Gasteiger partial charge in [0.2, 0.25) is 0 Å². The highest BCUT2D eigenvalue weighted by Gasteiger charge is 2.35. The minimum absolute atomic E-state index is 0.562. The largest absolute Gasteiger partial charge is 0.0842 e. The molecule has 0 spiro atoms. The first-order chi connectivity index (χ1) is 11.1. The molecule has 1 aromatic carbocycles. The van der Waals surface area contributed by atoms with Crippen LogP contribution in [0.2, 0.25) is 0 Å². The molecule has 0 bridgehead atoms. The third-order valence-electron chi connectivity index (χ3n) is 5.43. The molecule has 0 aliphatic heterocycles. The third kappa shape index (κ3) is 3.27. The van der Waals surface area contributed by atoms with Gasteiger partial charge in [0.25, 0.3) is 0 Å². The van der Waals surface area contributed by atoms with Gasteiger partial charge in [-0.25, -0.2) is 0 Å². The summed E-state index contributed by atoms with van der Waals surface area (Å²) in [7, 11) is 0. The van der Waals surface area contributed by atoms with Gasteiger partial charge in [-0.15, -0.1) is 0 Å². The van der Waals surface area contributed by atoms with Crippen LogP contribution in [0.3, 0.4) is 0 Å². The Labute approximate surface area is 141 Å².